The van der Waals surface area contributed by atoms with Crippen LogP contribution in [0.1, 0.15) is 82.1 Å². The number of ether oxygens (including phenoxy) is 6. The van der Waals surface area contributed by atoms with E-state index < -0.39 is 78.5 Å². The van der Waals surface area contributed by atoms with E-state index in [1.54, 1.807) is 19.1 Å². The monoisotopic (exact) mass is 622 g/mol. The van der Waals surface area contributed by atoms with Crippen molar-refractivity contribution in [1.29, 1.82) is 0 Å². The van der Waals surface area contributed by atoms with Crippen LogP contribution < -0.4 is 4.74 Å². The number of aliphatic hydroxyl groups excluding tert-OH is 1. The highest BCUT2D eigenvalue weighted by molar-refractivity contribution is 5.97. The molecule has 0 aliphatic carbocycles. The molecule has 0 amide bonds. The van der Waals surface area contributed by atoms with Crippen molar-refractivity contribution in [2.75, 3.05) is 0 Å². The van der Waals surface area contributed by atoms with Gasteiger partial charge in [0.25, 0.3) is 0 Å². The fraction of sp³-hybridized carbons (Fsp3) is 0.567. The highest BCUT2D eigenvalue weighted by Crippen LogP contribution is 2.35. The van der Waals surface area contributed by atoms with Gasteiger partial charge in [0.1, 0.15) is 17.1 Å². The number of allylic oxidation sites excluding steroid dienone is 1. The van der Waals surface area contributed by atoms with Gasteiger partial charge >= 0.3 is 29.8 Å². The van der Waals surface area contributed by atoms with Crippen molar-refractivity contribution in [3.05, 3.63) is 29.3 Å². The first-order chi connectivity index (χ1) is 20.8. The molecule has 44 heavy (non-hydrogen) atoms. The first kappa shape index (κ1) is 34.3. The molecule has 1 saturated heterocycles. The summed E-state index contributed by atoms with van der Waals surface area (Å²) in [6, 6.07) is 2.43. The number of cyclic esters (lactones) is 1. The van der Waals surface area contributed by atoms with E-state index in [0.717, 1.165) is 26.8 Å². The van der Waals surface area contributed by atoms with Crippen LogP contribution in [0, 0.1) is 0 Å². The normalized spacial score (nSPS) is 28.7. The molecule has 3 rings (SSSR count). The maximum atomic E-state index is 13.1. The Hall–Kier alpha value is -4.17. The van der Waals surface area contributed by atoms with Gasteiger partial charge in [-0.3, -0.25) is 14.4 Å². The largest absolute Gasteiger partial charge is 0.507 e. The second-order valence-electron chi connectivity index (χ2n) is 10.6. The third-order valence-electron chi connectivity index (χ3n) is 6.88. The van der Waals surface area contributed by atoms with Crippen LogP contribution in [0.4, 0.5) is 0 Å². The Labute approximate surface area is 253 Å². The van der Waals surface area contributed by atoms with E-state index in [-0.39, 0.29) is 16.9 Å². The van der Waals surface area contributed by atoms with Crippen molar-refractivity contribution < 1.29 is 67.7 Å². The molecule has 0 saturated carbocycles. The molecule has 0 spiro atoms. The van der Waals surface area contributed by atoms with Gasteiger partial charge in [-0.2, -0.15) is 0 Å². The molecule has 14 nitrogen and oxygen atoms in total. The van der Waals surface area contributed by atoms with Crippen molar-refractivity contribution in [2.24, 2.45) is 0 Å². The number of carbonyl (C=O) groups is 5. The van der Waals surface area contributed by atoms with Crippen molar-refractivity contribution in [2.45, 2.75) is 109 Å². The SMILES string of the molecule is CC(=O)O[C@@H]1[C@@H](OC(C)=O)[C@H](Oc2cc(O)c3c(c2)/C=C/CCCC(O)CCC[C@H](C)OC3=O)O[C@H](C(=O)O)[C@H]1OC(C)=O. The smallest absolute Gasteiger partial charge is 0.342 e. The minimum Gasteiger partial charge on any atom is -0.507 e. The summed E-state index contributed by atoms with van der Waals surface area (Å²) in [6.07, 6.45) is -2.78. The molecule has 0 radical (unpaired) electrons. The van der Waals surface area contributed by atoms with Crippen LogP contribution in [-0.2, 0) is 42.9 Å². The number of rotatable bonds is 6. The Morgan fingerprint density at radius 3 is 2.14 bits per heavy atom. The number of phenolic OH excluding ortho intramolecular Hbond substituents is 1. The number of benzene rings is 1. The van der Waals surface area contributed by atoms with E-state index >= 15 is 0 Å². The molecule has 2 heterocycles. The summed E-state index contributed by atoms with van der Waals surface area (Å²) in [5.74, 6) is -5.74. The van der Waals surface area contributed by atoms with Gasteiger partial charge in [-0.05, 0) is 57.1 Å². The molecule has 0 bridgehead atoms. The molecule has 3 N–H and O–H groups in total. The van der Waals surface area contributed by atoms with Gasteiger partial charge in [-0.1, -0.05) is 12.2 Å². The van der Waals surface area contributed by atoms with E-state index in [9.17, 15) is 39.3 Å². The maximum absolute atomic E-state index is 13.1. The standard InChI is InChI=1S/C30H38O14/c1-15-9-8-12-20(34)11-7-5-6-10-19-13-21(14-22(35)23(19)29(38)39-15)43-30-27(42-18(4)33)25(41-17(3)32)24(40-16(2)31)26(44-30)28(36)37/h6,10,13-15,20,24-27,30,34-35H,5,7-9,11-12H2,1-4H3,(H,36,37)/b10-6+/t15-,20?,24-,25-,26-,27+,30+/m0/s1. The molecule has 1 fully saturated rings. The first-order valence-corrected chi connectivity index (χ1v) is 14.3. The lowest BCUT2D eigenvalue weighted by atomic mass is 9.97. The zero-order valence-corrected chi connectivity index (χ0v) is 24.9. The quantitative estimate of drug-likeness (QED) is 0.309. The van der Waals surface area contributed by atoms with Crippen molar-refractivity contribution in [3.63, 3.8) is 0 Å². The average molecular weight is 623 g/mol. The number of phenols is 1. The third-order valence-corrected chi connectivity index (χ3v) is 6.88. The Bertz CT molecular complexity index is 1260. The summed E-state index contributed by atoms with van der Waals surface area (Å²) in [5, 5.41) is 31.0. The van der Waals surface area contributed by atoms with Gasteiger partial charge in [0.15, 0.2) is 18.3 Å². The molecule has 0 aromatic heterocycles. The number of aliphatic carboxylic acids is 1. The first-order valence-electron chi connectivity index (χ1n) is 14.3. The Morgan fingerprint density at radius 1 is 0.886 bits per heavy atom. The summed E-state index contributed by atoms with van der Waals surface area (Å²) in [7, 11) is 0. The highest BCUT2D eigenvalue weighted by Gasteiger charge is 2.55. The predicted molar refractivity (Wildman–Crippen MR) is 149 cm³/mol. The number of esters is 4. The van der Waals surface area contributed by atoms with E-state index in [2.05, 4.69) is 0 Å². The zero-order chi connectivity index (χ0) is 32.6. The van der Waals surface area contributed by atoms with Crippen molar-refractivity contribution >= 4 is 35.9 Å². The minimum atomic E-state index is -1.92. The highest BCUT2D eigenvalue weighted by atomic mass is 16.7. The van der Waals surface area contributed by atoms with Crippen LogP contribution in [0.5, 0.6) is 11.5 Å². The van der Waals surface area contributed by atoms with Gasteiger partial charge in [0.2, 0.25) is 12.4 Å². The van der Waals surface area contributed by atoms with Gasteiger partial charge in [0, 0.05) is 26.8 Å². The van der Waals surface area contributed by atoms with Crippen LogP contribution in [0.25, 0.3) is 6.08 Å². The average Bonchev–Trinajstić information content (AvgIpc) is 2.89. The summed E-state index contributed by atoms with van der Waals surface area (Å²) in [4.78, 5) is 61.0. The topological polar surface area (TPSA) is 201 Å². The molecule has 7 atom stereocenters. The van der Waals surface area contributed by atoms with Crippen LogP contribution in [0.15, 0.2) is 18.2 Å². The number of hydrogen-bond donors (Lipinski definition) is 3. The zero-order valence-electron chi connectivity index (χ0n) is 24.9. The Balaban J connectivity index is 2.03. The number of hydrogen-bond acceptors (Lipinski definition) is 13. The lowest BCUT2D eigenvalue weighted by Crippen LogP contribution is -2.64. The second-order valence-corrected chi connectivity index (χ2v) is 10.6. The second kappa shape index (κ2) is 15.5. The summed E-state index contributed by atoms with van der Waals surface area (Å²) in [5.41, 5.74) is 0.0496. The van der Waals surface area contributed by atoms with Gasteiger partial charge < -0.3 is 43.7 Å². The Kier molecular flexibility index (Phi) is 12.1. The van der Waals surface area contributed by atoms with Crippen molar-refractivity contribution in [3.8, 4) is 11.5 Å². The van der Waals surface area contributed by atoms with Crippen LogP contribution >= 0.6 is 0 Å². The molecule has 14 heteroatoms. The summed E-state index contributed by atoms with van der Waals surface area (Å²) < 4.78 is 32.6. The Morgan fingerprint density at radius 2 is 1.50 bits per heavy atom. The number of carboxylic acid groups (broad SMARTS) is 1. The van der Waals surface area contributed by atoms with Gasteiger partial charge in [-0.15, -0.1) is 0 Å². The van der Waals surface area contributed by atoms with Crippen LogP contribution in [0.3, 0.4) is 0 Å². The van der Waals surface area contributed by atoms with E-state index in [1.165, 1.54) is 6.07 Å². The number of carboxylic acids is 1. The van der Waals surface area contributed by atoms with E-state index in [4.69, 9.17) is 28.4 Å². The molecule has 1 unspecified atom stereocenters. The summed E-state index contributed by atoms with van der Waals surface area (Å²) in [6.45, 7) is 4.78. The summed E-state index contributed by atoms with van der Waals surface area (Å²) >= 11 is 0. The molecular formula is C30H38O14. The molecule has 242 valence electrons. The minimum absolute atomic E-state index is 0.137. The van der Waals surface area contributed by atoms with E-state index in [1.807, 2.05) is 0 Å². The number of carbonyl (C=O) groups excluding carboxylic acids is 4. The van der Waals surface area contributed by atoms with Gasteiger partial charge in [-0.25, -0.2) is 9.59 Å². The fourth-order valence-electron chi connectivity index (χ4n) is 5.01. The number of fused-ring (bicyclic) bond motifs is 1. The third kappa shape index (κ3) is 9.41. The molecule has 2 aliphatic rings. The number of aromatic hydroxyl groups is 1. The predicted octanol–water partition coefficient (Wildman–Crippen LogP) is 2.65. The lowest BCUT2D eigenvalue weighted by molar-refractivity contribution is -0.281. The lowest BCUT2D eigenvalue weighted by Gasteiger charge is -2.42. The maximum Gasteiger partial charge on any atom is 0.342 e. The van der Waals surface area contributed by atoms with E-state index in [0.29, 0.717) is 38.5 Å². The fourth-order valence-corrected chi connectivity index (χ4v) is 5.01. The van der Waals surface area contributed by atoms with Gasteiger partial charge in [0.05, 0.1) is 12.2 Å². The molecule has 1 aromatic carbocycles. The van der Waals surface area contributed by atoms with Crippen molar-refractivity contribution in [1.82, 2.24) is 0 Å². The molecule has 1 aromatic rings. The van der Waals surface area contributed by atoms with Crippen LogP contribution in [0.2, 0.25) is 0 Å². The number of aliphatic hydroxyl groups is 1. The molecular weight excluding hydrogens is 584 g/mol. The molecule has 2 aliphatic heterocycles. The van der Waals surface area contributed by atoms with Crippen LogP contribution in [-0.4, -0.2) is 88.1 Å².